The first-order valence-electron chi connectivity index (χ1n) is 11.0. The second-order valence-electron chi connectivity index (χ2n) is 8.33. The molecular formula is C22H28F3N5O4S. The summed E-state index contributed by atoms with van der Waals surface area (Å²) in [5.41, 5.74) is -0.352. The summed E-state index contributed by atoms with van der Waals surface area (Å²) in [5, 5.41) is 19.2. The van der Waals surface area contributed by atoms with Crippen LogP contribution in [0.5, 0.6) is 0 Å². The number of halogens is 3. The number of aliphatic hydroxyl groups is 2. The Balaban J connectivity index is 0.00000108. The molecule has 0 saturated heterocycles. The zero-order valence-corrected chi connectivity index (χ0v) is 20.7. The van der Waals surface area contributed by atoms with Crippen LogP contribution < -0.4 is 4.90 Å². The molecule has 0 aliphatic carbocycles. The van der Waals surface area contributed by atoms with Crippen LogP contribution >= 0.6 is 0 Å². The average molecular weight is 516 g/mol. The number of alkyl halides is 3. The highest BCUT2D eigenvalue weighted by atomic mass is 32.2. The summed E-state index contributed by atoms with van der Waals surface area (Å²) in [7, 11) is -3.58. The highest BCUT2D eigenvalue weighted by molar-refractivity contribution is 7.90. The standard InChI is InChI=1S/C19H20F3N5O4S.C3H8/c1-10(29)12-7-23-18(25-17(12)19(20,21)22)26-3-4-27-14-6-15(32(2,30)31)11(9-28)5-13(14)24-16(27)8-26;1-3-2/h5-7,10,28-29H,3-4,8-9H2,1-2H3;3H2,1-2H3. The van der Waals surface area contributed by atoms with E-state index in [0.29, 0.717) is 23.4 Å². The summed E-state index contributed by atoms with van der Waals surface area (Å²) in [6, 6.07) is 2.95. The molecule has 1 aliphatic rings. The van der Waals surface area contributed by atoms with Crippen LogP contribution in [-0.2, 0) is 35.7 Å². The van der Waals surface area contributed by atoms with E-state index in [2.05, 4.69) is 28.8 Å². The molecule has 0 bridgehead atoms. The van der Waals surface area contributed by atoms with Crippen LogP contribution in [-0.4, -0.2) is 51.0 Å². The first-order chi connectivity index (χ1) is 16.3. The first kappa shape index (κ1) is 26.8. The number of aliphatic hydroxyl groups excluding tert-OH is 2. The number of anilines is 1. The van der Waals surface area contributed by atoms with Crippen molar-refractivity contribution in [3.8, 4) is 0 Å². The van der Waals surface area contributed by atoms with Crippen molar-refractivity contribution >= 4 is 26.8 Å². The maximum Gasteiger partial charge on any atom is 0.433 e. The number of nitrogens with zero attached hydrogens (tertiary/aromatic N) is 5. The van der Waals surface area contributed by atoms with Gasteiger partial charge in [0.25, 0.3) is 0 Å². The third-order valence-corrected chi connectivity index (χ3v) is 6.49. The van der Waals surface area contributed by atoms with Crippen molar-refractivity contribution in [2.75, 3.05) is 17.7 Å². The highest BCUT2D eigenvalue weighted by Gasteiger charge is 2.38. The number of benzene rings is 1. The zero-order chi connectivity index (χ0) is 26.1. The second kappa shape index (κ2) is 10.1. The fourth-order valence-corrected chi connectivity index (χ4v) is 4.72. The van der Waals surface area contributed by atoms with Crippen LogP contribution in [0.2, 0.25) is 0 Å². The molecular weight excluding hydrogens is 487 g/mol. The number of imidazole rings is 1. The van der Waals surface area contributed by atoms with Crippen LogP contribution in [0.1, 0.15) is 55.9 Å². The molecule has 192 valence electrons. The van der Waals surface area contributed by atoms with Crippen LogP contribution in [0.4, 0.5) is 19.1 Å². The molecule has 2 aromatic heterocycles. The first-order valence-corrected chi connectivity index (χ1v) is 12.9. The van der Waals surface area contributed by atoms with Crippen molar-refractivity contribution in [1.82, 2.24) is 19.5 Å². The van der Waals surface area contributed by atoms with E-state index >= 15 is 0 Å². The minimum absolute atomic E-state index is 0.00416. The lowest BCUT2D eigenvalue weighted by molar-refractivity contribution is -0.142. The molecule has 1 aromatic carbocycles. The molecule has 4 rings (SSSR count). The average Bonchev–Trinajstić information content (AvgIpc) is 3.13. The van der Waals surface area contributed by atoms with Gasteiger partial charge in [0.15, 0.2) is 15.5 Å². The molecule has 0 radical (unpaired) electrons. The predicted octanol–water partition coefficient (Wildman–Crippen LogP) is 3.23. The molecule has 1 atom stereocenters. The zero-order valence-electron chi connectivity index (χ0n) is 19.8. The molecule has 2 N–H and O–H groups in total. The molecule has 0 amide bonds. The maximum absolute atomic E-state index is 13.4. The largest absolute Gasteiger partial charge is 0.433 e. The van der Waals surface area contributed by atoms with Gasteiger partial charge in [0.05, 0.1) is 35.2 Å². The Labute approximate surface area is 201 Å². The monoisotopic (exact) mass is 515 g/mol. The Morgan fingerprint density at radius 3 is 2.37 bits per heavy atom. The van der Waals surface area contributed by atoms with Gasteiger partial charge in [-0.3, -0.25) is 0 Å². The lowest BCUT2D eigenvalue weighted by Crippen LogP contribution is -2.35. The van der Waals surface area contributed by atoms with Gasteiger partial charge in [-0.15, -0.1) is 0 Å². The normalized spacial score (nSPS) is 14.9. The fraction of sp³-hybridized carbons (Fsp3) is 0.500. The van der Waals surface area contributed by atoms with Gasteiger partial charge in [-0.05, 0) is 24.6 Å². The third kappa shape index (κ3) is 5.57. The van der Waals surface area contributed by atoms with Crippen molar-refractivity contribution < 1.29 is 31.8 Å². The molecule has 0 fully saturated rings. The van der Waals surface area contributed by atoms with E-state index in [1.807, 2.05) is 0 Å². The summed E-state index contributed by atoms with van der Waals surface area (Å²) in [6.07, 6.45) is -2.86. The van der Waals surface area contributed by atoms with E-state index in [-0.39, 0.29) is 29.5 Å². The van der Waals surface area contributed by atoms with E-state index in [0.717, 1.165) is 12.5 Å². The van der Waals surface area contributed by atoms with Crippen LogP contribution in [0.25, 0.3) is 11.0 Å². The molecule has 0 saturated carbocycles. The van der Waals surface area contributed by atoms with Crippen molar-refractivity contribution in [2.24, 2.45) is 0 Å². The van der Waals surface area contributed by atoms with Gasteiger partial charge in [0.1, 0.15) is 5.82 Å². The number of rotatable bonds is 4. The Morgan fingerprint density at radius 1 is 1.17 bits per heavy atom. The summed E-state index contributed by atoms with van der Waals surface area (Å²) in [4.78, 5) is 13.7. The number of aromatic nitrogens is 4. The van der Waals surface area contributed by atoms with Crippen LogP contribution in [0.15, 0.2) is 23.2 Å². The van der Waals surface area contributed by atoms with E-state index in [1.165, 1.54) is 30.4 Å². The molecule has 0 spiro atoms. The number of sulfone groups is 1. The van der Waals surface area contributed by atoms with E-state index in [1.54, 1.807) is 4.57 Å². The van der Waals surface area contributed by atoms with Crippen LogP contribution in [0.3, 0.4) is 0 Å². The van der Waals surface area contributed by atoms with Crippen molar-refractivity contribution in [1.29, 1.82) is 0 Å². The Kier molecular flexibility index (Phi) is 7.72. The van der Waals surface area contributed by atoms with Gasteiger partial charge in [0.2, 0.25) is 5.95 Å². The summed E-state index contributed by atoms with van der Waals surface area (Å²) < 4.78 is 66.3. The number of fused-ring (bicyclic) bond motifs is 3. The van der Waals surface area contributed by atoms with E-state index in [4.69, 9.17) is 0 Å². The van der Waals surface area contributed by atoms with Gasteiger partial charge in [0, 0.05) is 31.1 Å². The van der Waals surface area contributed by atoms with E-state index < -0.39 is 40.0 Å². The molecule has 1 unspecified atom stereocenters. The van der Waals surface area contributed by atoms with Gasteiger partial charge in [-0.1, -0.05) is 20.3 Å². The summed E-state index contributed by atoms with van der Waals surface area (Å²) >= 11 is 0. The minimum Gasteiger partial charge on any atom is -0.392 e. The smallest absolute Gasteiger partial charge is 0.392 e. The van der Waals surface area contributed by atoms with Gasteiger partial charge in [-0.2, -0.15) is 13.2 Å². The SMILES string of the molecule is CC(O)c1cnc(N2CCn3c(nc4cc(CO)c(S(C)(=O)=O)cc43)C2)nc1C(F)(F)F.CCC. The summed E-state index contributed by atoms with van der Waals surface area (Å²) in [6.45, 7) is 5.66. The van der Waals surface area contributed by atoms with Gasteiger partial charge < -0.3 is 19.7 Å². The van der Waals surface area contributed by atoms with Crippen molar-refractivity contribution in [2.45, 2.75) is 64.1 Å². The third-order valence-electron chi connectivity index (χ3n) is 5.31. The van der Waals surface area contributed by atoms with Crippen molar-refractivity contribution in [3.63, 3.8) is 0 Å². The van der Waals surface area contributed by atoms with Crippen LogP contribution in [0, 0.1) is 0 Å². The van der Waals surface area contributed by atoms with Gasteiger partial charge >= 0.3 is 6.18 Å². The summed E-state index contributed by atoms with van der Waals surface area (Å²) in [5.74, 6) is 0.352. The van der Waals surface area contributed by atoms with Gasteiger partial charge in [-0.25, -0.2) is 23.4 Å². The predicted molar refractivity (Wildman–Crippen MR) is 123 cm³/mol. The topological polar surface area (TPSA) is 121 Å². The van der Waals surface area contributed by atoms with E-state index in [9.17, 15) is 31.8 Å². The lowest BCUT2D eigenvalue weighted by Gasteiger charge is -2.28. The molecule has 35 heavy (non-hydrogen) atoms. The maximum atomic E-state index is 13.4. The highest BCUT2D eigenvalue weighted by Crippen LogP contribution is 2.34. The molecule has 9 nitrogen and oxygen atoms in total. The molecule has 13 heteroatoms. The Morgan fingerprint density at radius 2 is 1.83 bits per heavy atom. The second-order valence-corrected chi connectivity index (χ2v) is 10.3. The number of hydrogen-bond donors (Lipinski definition) is 2. The van der Waals surface area contributed by atoms with Crippen molar-refractivity contribution in [3.05, 3.63) is 41.0 Å². The quantitative estimate of drug-likeness (QED) is 0.543. The molecule has 3 aromatic rings. The lowest BCUT2D eigenvalue weighted by atomic mass is 10.1. The minimum atomic E-state index is -4.75. The number of hydrogen-bond acceptors (Lipinski definition) is 8. The molecule has 1 aliphatic heterocycles. The Hall–Kier alpha value is -2.77. The molecule has 3 heterocycles. The fourth-order valence-electron chi connectivity index (χ4n) is 3.79. The Bertz CT molecular complexity index is 1320.